The molecule has 1 aromatic carbocycles. The van der Waals surface area contributed by atoms with Gasteiger partial charge in [-0.3, -0.25) is 9.59 Å². The molecular formula is C22H28ClN3O2S. The summed E-state index contributed by atoms with van der Waals surface area (Å²) < 4.78 is 0. The van der Waals surface area contributed by atoms with E-state index in [1.54, 1.807) is 11.3 Å². The summed E-state index contributed by atoms with van der Waals surface area (Å²) >= 11 is 1.62. The van der Waals surface area contributed by atoms with Gasteiger partial charge < -0.3 is 15.5 Å². The molecule has 4 rings (SSSR count). The molecule has 2 atom stereocenters. The quantitative estimate of drug-likeness (QED) is 0.770. The highest BCUT2D eigenvalue weighted by Crippen LogP contribution is 2.41. The number of hydrogen-bond acceptors (Lipinski definition) is 4. The zero-order valence-corrected chi connectivity index (χ0v) is 18.2. The van der Waals surface area contributed by atoms with Crippen LogP contribution in [0.3, 0.4) is 0 Å². The number of carbonyl (C=O) groups is 2. The summed E-state index contributed by atoms with van der Waals surface area (Å²) in [4.78, 5) is 29.1. The topological polar surface area (TPSA) is 61.4 Å². The average molecular weight is 434 g/mol. The van der Waals surface area contributed by atoms with E-state index in [0.717, 1.165) is 42.1 Å². The second-order valence-electron chi connectivity index (χ2n) is 7.74. The van der Waals surface area contributed by atoms with E-state index in [1.807, 2.05) is 53.6 Å². The monoisotopic (exact) mass is 433 g/mol. The molecule has 2 N–H and O–H groups in total. The maximum absolute atomic E-state index is 13.2. The van der Waals surface area contributed by atoms with Crippen LogP contribution in [0.25, 0.3) is 0 Å². The number of thiophene rings is 1. The van der Waals surface area contributed by atoms with Gasteiger partial charge >= 0.3 is 0 Å². The Morgan fingerprint density at radius 3 is 2.52 bits per heavy atom. The zero-order chi connectivity index (χ0) is 19.5. The minimum absolute atomic E-state index is 0. The normalized spacial score (nSPS) is 22.8. The molecule has 2 saturated heterocycles. The number of amides is 2. The second kappa shape index (κ2) is 9.74. The summed E-state index contributed by atoms with van der Waals surface area (Å²) in [5.41, 5.74) is 2.02. The average Bonchev–Trinajstić information content (AvgIpc) is 3.24. The first-order valence-electron chi connectivity index (χ1n) is 10.1. The Labute approximate surface area is 182 Å². The van der Waals surface area contributed by atoms with Crippen molar-refractivity contribution in [3.63, 3.8) is 0 Å². The van der Waals surface area contributed by atoms with Gasteiger partial charge in [0, 0.05) is 23.0 Å². The number of rotatable bonds is 4. The third-order valence-electron chi connectivity index (χ3n) is 5.77. The lowest BCUT2D eigenvalue weighted by molar-refractivity contribution is -0.129. The van der Waals surface area contributed by atoms with Crippen molar-refractivity contribution >= 4 is 41.2 Å². The first-order chi connectivity index (χ1) is 13.6. The SMILES string of the molecule is Cc1ccc(N2C(=O)CCC(C(=O)NC3CCNCC3)C2c2cccs2)cc1.Cl. The Morgan fingerprint density at radius 1 is 1.14 bits per heavy atom. The number of nitrogens with one attached hydrogen (secondary N) is 2. The molecule has 5 nitrogen and oxygen atoms in total. The molecule has 156 valence electrons. The van der Waals surface area contributed by atoms with E-state index in [4.69, 9.17) is 0 Å². The molecule has 2 aliphatic rings. The van der Waals surface area contributed by atoms with E-state index in [2.05, 4.69) is 10.6 Å². The molecule has 0 aliphatic carbocycles. The number of hydrogen-bond donors (Lipinski definition) is 2. The van der Waals surface area contributed by atoms with E-state index in [0.29, 0.717) is 12.8 Å². The van der Waals surface area contributed by atoms with Crippen LogP contribution in [-0.2, 0) is 9.59 Å². The Hall–Kier alpha value is -1.89. The van der Waals surface area contributed by atoms with Crippen LogP contribution in [0.4, 0.5) is 5.69 Å². The summed E-state index contributed by atoms with van der Waals surface area (Å²) in [5, 5.41) is 8.62. The van der Waals surface area contributed by atoms with E-state index in [9.17, 15) is 9.59 Å². The number of piperidine rings is 2. The number of aryl methyl sites for hydroxylation is 1. The molecule has 2 amide bonds. The van der Waals surface area contributed by atoms with Crippen molar-refractivity contribution in [1.82, 2.24) is 10.6 Å². The van der Waals surface area contributed by atoms with Crippen molar-refractivity contribution in [2.45, 2.75) is 44.7 Å². The highest BCUT2D eigenvalue weighted by atomic mass is 35.5. The molecule has 0 radical (unpaired) electrons. The van der Waals surface area contributed by atoms with Crippen molar-refractivity contribution in [1.29, 1.82) is 0 Å². The van der Waals surface area contributed by atoms with Gasteiger partial charge in [0.2, 0.25) is 11.8 Å². The molecule has 0 spiro atoms. The lowest BCUT2D eigenvalue weighted by Gasteiger charge is -2.40. The molecule has 2 aromatic rings. The van der Waals surface area contributed by atoms with Crippen molar-refractivity contribution in [3.05, 3.63) is 52.2 Å². The second-order valence-corrected chi connectivity index (χ2v) is 8.72. The number of benzene rings is 1. The van der Waals surface area contributed by atoms with Gasteiger partial charge in [-0.15, -0.1) is 23.7 Å². The van der Waals surface area contributed by atoms with Gasteiger partial charge in [0.05, 0.1) is 12.0 Å². The number of carbonyl (C=O) groups excluding carboxylic acids is 2. The van der Waals surface area contributed by atoms with Crippen LogP contribution in [0.15, 0.2) is 41.8 Å². The smallest absolute Gasteiger partial charge is 0.227 e. The third kappa shape index (κ3) is 4.82. The first-order valence-corrected chi connectivity index (χ1v) is 10.9. The minimum Gasteiger partial charge on any atom is -0.353 e. The van der Waals surface area contributed by atoms with Gasteiger partial charge in [0.1, 0.15) is 0 Å². The van der Waals surface area contributed by atoms with E-state index >= 15 is 0 Å². The fraction of sp³-hybridized carbons (Fsp3) is 0.455. The standard InChI is InChI=1S/C22H27N3O2S.ClH/c1-15-4-6-17(7-5-15)25-20(26)9-8-18(21(25)19-3-2-14-28-19)22(27)24-16-10-12-23-13-11-16;/h2-7,14,16,18,21,23H,8-13H2,1H3,(H,24,27);1H. The largest absolute Gasteiger partial charge is 0.353 e. The molecule has 0 bridgehead atoms. The van der Waals surface area contributed by atoms with Gasteiger partial charge in [-0.05, 0) is 62.9 Å². The van der Waals surface area contributed by atoms with Crippen molar-refractivity contribution in [3.8, 4) is 0 Å². The predicted molar refractivity (Wildman–Crippen MR) is 120 cm³/mol. The molecule has 3 heterocycles. The molecule has 1 aromatic heterocycles. The van der Waals surface area contributed by atoms with E-state index in [-0.39, 0.29) is 42.2 Å². The number of halogens is 1. The molecule has 2 fully saturated rings. The molecule has 0 saturated carbocycles. The third-order valence-corrected chi connectivity index (χ3v) is 6.71. The van der Waals surface area contributed by atoms with Gasteiger partial charge in [-0.25, -0.2) is 0 Å². The minimum atomic E-state index is -0.245. The highest BCUT2D eigenvalue weighted by molar-refractivity contribution is 7.10. The van der Waals surface area contributed by atoms with Gasteiger partial charge in [-0.2, -0.15) is 0 Å². The fourth-order valence-electron chi connectivity index (χ4n) is 4.24. The Kier molecular flexibility index (Phi) is 7.33. The van der Waals surface area contributed by atoms with Crippen LogP contribution < -0.4 is 15.5 Å². The molecule has 29 heavy (non-hydrogen) atoms. The summed E-state index contributed by atoms with van der Waals surface area (Å²) in [5.74, 6) is -0.0596. The van der Waals surface area contributed by atoms with Crippen molar-refractivity contribution in [2.24, 2.45) is 5.92 Å². The predicted octanol–water partition coefficient (Wildman–Crippen LogP) is 3.83. The van der Waals surface area contributed by atoms with Crippen molar-refractivity contribution < 1.29 is 9.59 Å². The van der Waals surface area contributed by atoms with Gasteiger partial charge in [0.15, 0.2) is 0 Å². The zero-order valence-electron chi connectivity index (χ0n) is 16.6. The van der Waals surface area contributed by atoms with Crippen LogP contribution in [-0.4, -0.2) is 30.9 Å². The molecule has 2 unspecified atom stereocenters. The lowest BCUT2D eigenvalue weighted by Crippen LogP contribution is -2.51. The maximum atomic E-state index is 13.2. The Balaban J connectivity index is 0.00000240. The van der Waals surface area contributed by atoms with E-state index < -0.39 is 0 Å². The summed E-state index contributed by atoms with van der Waals surface area (Å²) in [6.07, 6.45) is 2.92. The van der Waals surface area contributed by atoms with Crippen LogP contribution >= 0.6 is 23.7 Å². The highest BCUT2D eigenvalue weighted by Gasteiger charge is 2.42. The maximum Gasteiger partial charge on any atom is 0.227 e. The first kappa shape index (κ1) is 21.8. The lowest BCUT2D eigenvalue weighted by atomic mass is 9.86. The number of anilines is 1. The van der Waals surface area contributed by atoms with Crippen LogP contribution in [0, 0.1) is 12.8 Å². The Morgan fingerprint density at radius 2 is 1.86 bits per heavy atom. The Bertz CT molecular complexity index is 819. The van der Waals surface area contributed by atoms with Gasteiger partial charge in [0.25, 0.3) is 0 Å². The number of nitrogens with zero attached hydrogens (tertiary/aromatic N) is 1. The summed E-state index contributed by atoms with van der Waals surface area (Å²) in [6.45, 7) is 3.92. The summed E-state index contributed by atoms with van der Waals surface area (Å²) in [6, 6.07) is 12.0. The molecule has 7 heteroatoms. The van der Waals surface area contributed by atoms with Crippen LogP contribution in [0.5, 0.6) is 0 Å². The van der Waals surface area contributed by atoms with Crippen LogP contribution in [0.2, 0.25) is 0 Å². The van der Waals surface area contributed by atoms with Gasteiger partial charge in [-0.1, -0.05) is 23.8 Å². The molecule has 2 aliphatic heterocycles. The fourth-order valence-corrected chi connectivity index (χ4v) is 5.12. The summed E-state index contributed by atoms with van der Waals surface area (Å²) in [7, 11) is 0. The van der Waals surface area contributed by atoms with Crippen molar-refractivity contribution in [2.75, 3.05) is 18.0 Å². The molecular weight excluding hydrogens is 406 g/mol. The van der Waals surface area contributed by atoms with Crippen LogP contribution in [0.1, 0.15) is 42.2 Å². The van der Waals surface area contributed by atoms with E-state index in [1.165, 1.54) is 0 Å².